The Morgan fingerprint density at radius 2 is 1.68 bits per heavy atom. The van der Waals surface area contributed by atoms with Crippen LogP contribution in [0.5, 0.6) is 0 Å². The molecule has 1 aliphatic carbocycles. The molecule has 3 aromatic carbocycles. The summed E-state index contributed by atoms with van der Waals surface area (Å²) in [6.45, 7) is 1.41. The van der Waals surface area contributed by atoms with E-state index >= 15 is 0 Å². The van der Waals surface area contributed by atoms with Crippen molar-refractivity contribution >= 4 is 55.1 Å². The maximum absolute atomic E-state index is 14.2. The first kappa shape index (κ1) is 31.1. The number of amides is 2. The van der Waals surface area contributed by atoms with Gasteiger partial charge in [-0.05, 0) is 60.7 Å². The third-order valence-electron chi connectivity index (χ3n) is 7.33. The summed E-state index contributed by atoms with van der Waals surface area (Å²) in [5.41, 5.74) is 2.69. The molecule has 4 rings (SSSR count). The van der Waals surface area contributed by atoms with Gasteiger partial charge in [0.05, 0.1) is 11.9 Å². The van der Waals surface area contributed by atoms with Crippen molar-refractivity contribution in [3.8, 4) is 0 Å². The van der Waals surface area contributed by atoms with E-state index in [0.29, 0.717) is 16.3 Å². The molecule has 0 aromatic heterocycles. The van der Waals surface area contributed by atoms with Gasteiger partial charge in [0, 0.05) is 28.5 Å². The van der Waals surface area contributed by atoms with Crippen LogP contribution < -0.4 is 9.62 Å². The number of halogens is 2. The summed E-state index contributed by atoms with van der Waals surface area (Å²) in [6.07, 6.45) is 5.26. The van der Waals surface area contributed by atoms with E-state index in [2.05, 4.69) is 21.2 Å². The lowest BCUT2D eigenvalue weighted by Crippen LogP contribution is -2.54. The first-order valence-corrected chi connectivity index (χ1v) is 16.7. The molecule has 7 nitrogen and oxygen atoms in total. The number of rotatable bonds is 11. The monoisotopic (exact) mass is 659 g/mol. The van der Waals surface area contributed by atoms with Gasteiger partial charge in [-0.25, -0.2) is 8.42 Å². The molecule has 0 bridgehead atoms. The van der Waals surface area contributed by atoms with Crippen LogP contribution in [0, 0.1) is 6.92 Å². The van der Waals surface area contributed by atoms with Crippen LogP contribution in [0.25, 0.3) is 0 Å². The van der Waals surface area contributed by atoms with Gasteiger partial charge >= 0.3 is 0 Å². The minimum atomic E-state index is -3.87. The van der Waals surface area contributed by atoms with Crippen molar-refractivity contribution in [2.24, 2.45) is 0 Å². The van der Waals surface area contributed by atoms with Crippen molar-refractivity contribution in [1.82, 2.24) is 10.2 Å². The maximum Gasteiger partial charge on any atom is 0.244 e. The topological polar surface area (TPSA) is 86.8 Å². The zero-order valence-electron chi connectivity index (χ0n) is 23.2. The van der Waals surface area contributed by atoms with E-state index in [1.165, 1.54) is 11.0 Å². The third kappa shape index (κ3) is 8.56. The number of aryl methyl sites for hydroxylation is 1. The van der Waals surface area contributed by atoms with Crippen LogP contribution in [0.4, 0.5) is 5.69 Å². The number of hydrogen-bond acceptors (Lipinski definition) is 4. The summed E-state index contributed by atoms with van der Waals surface area (Å²) in [7, 11) is -3.87. The number of benzene rings is 3. The molecule has 1 aliphatic rings. The Bertz CT molecular complexity index is 1480. The maximum atomic E-state index is 14.2. The summed E-state index contributed by atoms with van der Waals surface area (Å²) in [5.74, 6) is -0.730. The second kappa shape index (κ2) is 13.9. The Morgan fingerprint density at radius 3 is 2.34 bits per heavy atom. The number of nitrogens with one attached hydrogen (secondary N) is 1. The van der Waals surface area contributed by atoms with Gasteiger partial charge in [-0.15, -0.1) is 0 Å². The first-order valence-electron chi connectivity index (χ1n) is 13.6. The third-order valence-corrected chi connectivity index (χ3v) is 9.19. The van der Waals surface area contributed by atoms with E-state index in [1.807, 2.05) is 54.6 Å². The van der Waals surface area contributed by atoms with Crippen LogP contribution >= 0.6 is 27.5 Å². The highest BCUT2D eigenvalue weighted by Crippen LogP contribution is 2.27. The molecule has 218 valence electrons. The summed E-state index contributed by atoms with van der Waals surface area (Å²) in [5, 5.41) is 3.53. The van der Waals surface area contributed by atoms with Gasteiger partial charge in [0.25, 0.3) is 0 Å². The molecule has 3 aromatic rings. The van der Waals surface area contributed by atoms with E-state index in [9.17, 15) is 18.0 Å². The zero-order chi connectivity index (χ0) is 29.6. The van der Waals surface area contributed by atoms with Crippen molar-refractivity contribution in [1.29, 1.82) is 0 Å². The number of anilines is 1. The number of sulfonamides is 1. The Hall–Kier alpha value is -2.88. The van der Waals surface area contributed by atoms with Crippen molar-refractivity contribution in [3.05, 3.63) is 99.0 Å². The fourth-order valence-electron chi connectivity index (χ4n) is 5.20. The Morgan fingerprint density at radius 1 is 1.00 bits per heavy atom. The Kier molecular flexibility index (Phi) is 10.5. The van der Waals surface area contributed by atoms with Gasteiger partial charge in [0.2, 0.25) is 21.8 Å². The summed E-state index contributed by atoms with van der Waals surface area (Å²) >= 11 is 9.72. The van der Waals surface area contributed by atoms with E-state index in [1.54, 1.807) is 19.1 Å². The largest absolute Gasteiger partial charge is 0.352 e. The quantitative estimate of drug-likeness (QED) is 0.279. The molecule has 1 saturated carbocycles. The highest BCUT2D eigenvalue weighted by atomic mass is 79.9. The van der Waals surface area contributed by atoms with Gasteiger partial charge in [-0.1, -0.05) is 88.9 Å². The van der Waals surface area contributed by atoms with Crippen molar-refractivity contribution in [2.75, 3.05) is 17.1 Å². The van der Waals surface area contributed by atoms with Crippen molar-refractivity contribution < 1.29 is 18.0 Å². The summed E-state index contributed by atoms with van der Waals surface area (Å²) in [6, 6.07) is 21.2. The van der Waals surface area contributed by atoms with Crippen LogP contribution in [-0.2, 0) is 32.6 Å². The fraction of sp³-hybridized carbons (Fsp3) is 0.355. The smallest absolute Gasteiger partial charge is 0.244 e. The standard InChI is InChI=1S/C31H35BrClN3O4S/c1-22-15-16-26(33)19-28(22)36(41(2,39)40)21-30(37)35(20-24-11-8-12-25(32)17-24)29(18-23-9-4-3-5-10-23)31(38)34-27-13-6-7-14-27/h3-5,8-12,15-17,19,27,29H,6-7,13-14,18,20-21H2,1-2H3,(H,34,38)/t29-/m1/s1. The molecule has 0 heterocycles. The molecule has 1 N–H and O–H groups in total. The number of carbonyl (C=O) groups excluding carboxylic acids is 2. The normalized spacial score (nSPS) is 14.4. The van der Waals surface area contributed by atoms with Gasteiger partial charge in [0.15, 0.2) is 0 Å². The predicted molar refractivity (Wildman–Crippen MR) is 167 cm³/mol. The molecule has 0 saturated heterocycles. The van der Waals surface area contributed by atoms with E-state index in [0.717, 1.165) is 51.8 Å². The van der Waals surface area contributed by atoms with Gasteiger partial charge in [-0.3, -0.25) is 13.9 Å². The molecular formula is C31H35BrClN3O4S. The minimum absolute atomic E-state index is 0.0604. The Labute approximate surface area is 256 Å². The number of nitrogens with zero attached hydrogens (tertiary/aromatic N) is 2. The van der Waals surface area contributed by atoms with Crippen LogP contribution in [0.1, 0.15) is 42.4 Å². The lowest BCUT2D eigenvalue weighted by Gasteiger charge is -2.34. The van der Waals surface area contributed by atoms with Crippen molar-refractivity contribution in [2.45, 2.75) is 57.7 Å². The molecule has 0 aliphatic heterocycles. The van der Waals surface area contributed by atoms with E-state index < -0.39 is 28.5 Å². The van der Waals surface area contributed by atoms with Crippen LogP contribution in [0.3, 0.4) is 0 Å². The minimum Gasteiger partial charge on any atom is -0.352 e. The highest BCUT2D eigenvalue weighted by molar-refractivity contribution is 9.10. The lowest BCUT2D eigenvalue weighted by molar-refractivity contribution is -0.140. The number of carbonyl (C=O) groups is 2. The van der Waals surface area contributed by atoms with Gasteiger partial charge in [-0.2, -0.15) is 0 Å². The van der Waals surface area contributed by atoms with Gasteiger partial charge in [0.1, 0.15) is 12.6 Å². The lowest BCUT2D eigenvalue weighted by atomic mass is 10.0. The summed E-state index contributed by atoms with van der Waals surface area (Å²) < 4.78 is 27.9. The molecule has 0 radical (unpaired) electrons. The molecule has 0 unspecified atom stereocenters. The molecule has 1 atom stereocenters. The molecule has 1 fully saturated rings. The van der Waals surface area contributed by atoms with Crippen LogP contribution in [-0.4, -0.2) is 50.0 Å². The molecular weight excluding hydrogens is 626 g/mol. The molecule has 0 spiro atoms. The van der Waals surface area contributed by atoms with Crippen molar-refractivity contribution in [3.63, 3.8) is 0 Å². The molecule has 2 amide bonds. The average Bonchev–Trinajstić information content (AvgIpc) is 3.43. The summed E-state index contributed by atoms with van der Waals surface area (Å²) in [4.78, 5) is 29.6. The SMILES string of the molecule is Cc1ccc(Cl)cc1N(CC(=O)N(Cc1cccc(Br)c1)[C@H](Cc1ccccc1)C(=O)NC1CCCC1)S(C)(=O)=O. The van der Waals surface area contributed by atoms with Crippen LogP contribution in [0.15, 0.2) is 77.3 Å². The zero-order valence-corrected chi connectivity index (χ0v) is 26.4. The Balaban J connectivity index is 1.74. The van der Waals surface area contributed by atoms with Crippen LogP contribution in [0.2, 0.25) is 5.02 Å². The van der Waals surface area contributed by atoms with E-state index in [4.69, 9.17) is 11.6 Å². The number of hydrogen-bond donors (Lipinski definition) is 1. The predicted octanol–water partition coefficient (Wildman–Crippen LogP) is 5.88. The van der Waals surface area contributed by atoms with Gasteiger partial charge < -0.3 is 10.2 Å². The fourth-order valence-corrected chi connectivity index (χ4v) is 6.71. The van der Waals surface area contributed by atoms with E-state index in [-0.39, 0.29) is 24.9 Å². The molecule has 41 heavy (non-hydrogen) atoms. The second-order valence-corrected chi connectivity index (χ2v) is 13.8. The highest BCUT2D eigenvalue weighted by Gasteiger charge is 2.34. The second-order valence-electron chi connectivity index (χ2n) is 10.5. The first-order chi connectivity index (χ1) is 19.5. The molecule has 10 heteroatoms. The average molecular weight is 661 g/mol.